The number of nitrogens with zero attached hydrogens (tertiary/aromatic N) is 3. The standard InChI is InChI=1S/C30H39N5O8S/c1-18-15-35(19(2)17-36)28(37)14-22-13-24(32-30(38)31-23-7-10-25(41-6)11-8-23)9-12-26(22)42-27(18)16-34(5)44(39,40)29-20(3)33-43-21(29)4/h7-13,18-19,27,36H,14-17H2,1-6H3,(H2,31,32,38)/t18-,19-,27-/m0/s1. The number of nitrogens with one attached hydrogen (secondary N) is 2. The van der Waals surface area contributed by atoms with Crippen molar-refractivity contribution in [2.75, 3.05) is 44.5 Å². The number of amides is 3. The molecule has 1 aliphatic heterocycles. The van der Waals surface area contributed by atoms with Crippen molar-refractivity contribution in [3.05, 3.63) is 59.5 Å². The fraction of sp³-hybridized carbons (Fsp3) is 0.433. The number of ether oxygens (including phenoxy) is 2. The number of hydrogen-bond donors (Lipinski definition) is 3. The predicted molar refractivity (Wildman–Crippen MR) is 163 cm³/mol. The Kier molecular flexibility index (Phi) is 10.2. The van der Waals surface area contributed by atoms with Crippen molar-refractivity contribution in [2.24, 2.45) is 5.92 Å². The molecule has 0 radical (unpaired) electrons. The summed E-state index contributed by atoms with van der Waals surface area (Å²) in [5.74, 6) is 0.670. The molecular weight excluding hydrogens is 590 g/mol. The highest BCUT2D eigenvalue weighted by molar-refractivity contribution is 7.89. The lowest BCUT2D eigenvalue weighted by Crippen LogP contribution is -2.48. The molecule has 0 saturated heterocycles. The molecule has 1 aromatic heterocycles. The second-order valence-corrected chi connectivity index (χ2v) is 12.9. The van der Waals surface area contributed by atoms with Crippen LogP contribution in [0.25, 0.3) is 0 Å². The molecule has 0 saturated carbocycles. The molecule has 13 nitrogen and oxygen atoms in total. The van der Waals surface area contributed by atoms with Crippen LogP contribution >= 0.6 is 0 Å². The van der Waals surface area contributed by atoms with Crippen LogP contribution in [-0.2, 0) is 21.2 Å². The van der Waals surface area contributed by atoms with Crippen LogP contribution in [0.15, 0.2) is 51.9 Å². The van der Waals surface area contributed by atoms with Crippen LogP contribution < -0.4 is 20.1 Å². The van der Waals surface area contributed by atoms with Crippen LogP contribution in [0.4, 0.5) is 16.2 Å². The van der Waals surface area contributed by atoms with E-state index in [0.29, 0.717) is 28.4 Å². The number of sulfonamides is 1. The van der Waals surface area contributed by atoms with Gasteiger partial charge in [0.1, 0.15) is 28.2 Å². The maximum absolute atomic E-state index is 13.5. The number of aliphatic hydroxyl groups is 1. The summed E-state index contributed by atoms with van der Waals surface area (Å²) in [4.78, 5) is 27.8. The van der Waals surface area contributed by atoms with E-state index in [0.717, 1.165) is 0 Å². The van der Waals surface area contributed by atoms with Crippen LogP contribution in [0, 0.1) is 19.8 Å². The molecule has 1 aliphatic rings. The molecule has 0 unspecified atom stereocenters. The van der Waals surface area contributed by atoms with Gasteiger partial charge >= 0.3 is 6.03 Å². The highest BCUT2D eigenvalue weighted by atomic mass is 32.2. The smallest absolute Gasteiger partial charge is 0.323 e. The lowest BCUT2D eigenvalue weighted by atomic mass is 10.0. The van der Waals surface area contributed by atoms with Crippen molar-refractivity contribution >= 4 is 33.3 Å². The van der Waals surface area contributed by atoms with Gasteiger partial charge in [-0.2, -0.15) is 4.31 Å². The van der Waals surface area contributed by atoms with Gasteiger partial charge in [0, 0.05) is 36.4 Å². The number of carbonyl (C=O) groups excluding carboxylic acids is 2. The molecule has 238 valence electrons. The second kappa shape index (κ2) is 13.7. The molecule has 3 aromatic rings. The first-order chi connectivity index (χ1) is 20.8. The van der Waals surface area contributed by atoms with E-state index < -0.39 is 28.2 Å². The number of aliphatic hydroxyl groups excluding tert-OH is 1. The van der Waals surface area contributed by atoms with Gasteiger partial charge in [-0.3, -0.25) is 4.79 Å². The summed E-state index contributed by atoms with van der Waals surface area (Å²) >= 11 is 0. The molecule has 44 heavy (non-hydrogen) atoms. The lowest BCUT2D eigenvalue weighted by molar-refractivity contribution is -0.134. The van der Waals surface area contributed by atoms with Gasteiger partial charge in [0.2, 0.25) is 15.9 Å². The van der Waals surface area contributed by atoms with Crippen LogP contribution in [0.2, 0.25) is 0 Å². The summed E-state index contributed by atoms with van der Waals surface area (Å²) in [7, 11) is -0.956. The Bertz CT molecular complexity index is 1570. The Balaban J connectivity index is 1.61. The normalized spacial score (nSPS) is 18.0. The third kappa shape index (κ3) is 7.31. The molecule has 2 aromatic carbocycles. The number of aromatic nitrogens is 1. The van der Waals surface area contributed by atoms with Gasteiger partial charge in [-0.1, -0.05) is 12.1 Å². The fourth-order valence-electron chi connectivity index (χ4n) is 5.04. The number of benzene rings is 2. The topological polar surface area (TPSA) is 164 Å². The molecule has 0 bridgehead atoms. The minimum absolute atomic E-state index is 0.00506. The van der Waals surface area contributed by atoms with Crippen LogP contribution in [0.1, 0.15) is 30.9 Å². The number of methoxy groups -OCH3 is 1. The van der Waals surface area contributed by atoms with E-state index in [9.17, 15) is 23.1 Å². The van der Waals surface area contributed by atoms with Crippen molar-refractivity contribution in [1.29, 1.82) is 0 Å². The third-order valence-corrected chi connectivity index (χ3v) is 9.66. The molecule has 0 fully saturated rings. The van der Waals surface area contributed by atoms with Crippen molar-refractivity contribution in [1.82, 2.24) is 14.4 Å². The average Bonchev–Trinajstić information content (AvgIpc) is 3.35. The predicted octanol–water partition coefficient (Wildman–Crippen LogP) is 3.41. The van der Waals surface area contributed by atoms with Crippen molar-refractivity contribution in [3.63, 3.8) is 0 Å². The van der Waals surface area contributed by atoms with Gasteiger partial charge in [0.25, 0.3) is 0 Å². The van der Waals surface area contributed by atoms with E-state index in [1.165, 1.54) is 11.4 Å². The van der Waals surface area contributed by atoms with Crippen LogP contribution in [0.3, 0.4) is 0 Å². The van der Waals surface area contributed by atoms with Crippen LogP contribution in [-0.4, -0.2) is 85.8 Å². The quantitative estimate of drug-likeness (QED) is 0.322. The number of urea groups is 1. The summed E-state index contributed by atoms with van der Waals surface area (Å²) in [5, 5.41) is 19.2. The first kappa shape index (κ1) is 32.8. The van der Waals surface area contributed by atoms with Gasteiger partial charge < -0.3 is 34.6 Å². The molecular formula is C30H39N5O8S. The van der Waals surface area contributed by atoms with E-state index in [4.69, 9.17) is 14.0 Å². The van der Waals surface area contributed by atoms with E-state index >= 15 is 0 Å². The molecule has 0 spiro atoms. The largest absolute Gasteiger partial charge is 0.497 e. The molecule has 3 amide bonds. The lowest BCUT2D eigenvalue weighted by Gasteiger charge is -2.33. The Labute approximate surface area is 257 Å². The summed E-state index contributed by atoms with van der Waals surface area (Å²) in [6.07, 6.45) is -0.729. The van der Waals surface area contributed by atoms with E-state index in [1.807, 2.05) is 6.92 Å². The zero-order chi connectivity index (χ0) is 32.2. The molecule has 14 heteroatoms. The van der Waals surface area contributed by atoms with E-state index in [1.54, 1.807) is 75.2 Å². The van der Waals surface area contributed by atoms with Gasteiger partial charge in [-0.05, 0) is 63.2 Å². The number of hydrogen-bond acceptors (Lipinski definition) is 9. The number of anilines is 2. The maximum Gasteiger partial charge on any atom is 0.323 e. The Morgan fingerprint density at radius 3 is 2.45 bits per heavy atom. The maximum atomic E-state index is 13.5. The average molecular weight is 630 g/mol. The summed E-state index contributed by atoms with van der Waals surface area (Å²) in [5.41, 5.74) is 1.75. The minimum atomic E-state index is -3.97. The minimum Gasteiger partial charge on any atom is -0.497 e. The van der Waals surface area contributed by atoms with Gasteiger partial charge in [0.05, 0.1) is 32.7 Å². The molecule has 4 rings (SSSR count). The number of rotatable bonds is 9. The van der Waals surface area contributed by atoms with Crippen LogP contribution in [0.5, 0.6) is 11.5 Å². The van der Waals surface area contributed by atoms with Gasteiger partial charge in [-0.15, -0.1) is 0 Å². The molecule has 3 atom stereocenters. The van der Waals surface area contributed by atoms with Crippen molar-refractivity contribution < 1.29 is 37.1 Å². The zero-order valence-corrected chi connectivity index (χ0v) is 26.5. The fourth-order valence-corrected chi connectivity index (χ4v) is 6.51. The monoisotopic (exact) mass is 629 g/mol. The Morgan fingerprint density at radius 1 is 1.18 bits per heavy atom. The summed E-state index contributed by atoms with van der Waals surface area (Å²) in [6, 6.07) is 10.8. The third-order valence-electron chi connectivity index (χ3n) is 7.60. The first-order valence-electron chi connectivity index (χ1n) is 14.1. The molecule has 0 aliphatic carbocycles. The Hall–Kier alpha value is -4.14. The SMILES string of the molecule is COc1ccc(NC(=O)Nc2ccc3c(c2)CC(=O)N([C@@H](C)CO)C[C@H](C)[C@H](CN(C)S(=O)(=O)c2c(C)noc2C)O3)cc1. The number of fused-ring (bicyclic) bond motifs is 1. The number of aryl methyl sites for hydroxylation is 2. The van der Waals surface area contributed by atoms with Crippen molar-refractivity contribution in [2.45, 2.75) is 51.2 Å². The zero-order valence-electron chi connectivity index (χ0n) is 25.7. The molecule has 3 N–H and O–H groups in total. The van der Waals surface area contributed by atoms with Gasteiger partial charge in [-0.25, -0.2) is 13.2 Å². The summed E-state index contributed by atoms with van der Waals surface area (Å²) in [6.45, 7) is 6.67. The van der Waals surface area contributed by atoms with E-state index in [2.05, 4.69) is 15.8 Å². The van der Waals surface area contributed by atoms with E-state index in [-0.39, 0.29) is 54.3 Å². The molecule has 2 heterocycles. The first-order valence-corrected chi connectivity index (χ1v) is 15.6. The number of carbonyl (C=O) groups is 2. The highest BCUT2D eigenvalue weighted by Gasteiger charge is 2.35. The van der Waals surface area contributed by atoms with Crippen molar-refractivity contribution in [3.8, 4) is 11.5 Å². The second-order valence-electron chi connectivity index (χ2n) is 11.0. The summed E-state index contributed by atoms with van der Waals surface area (Å²) < 4.78 is 44.8. The number of likely N-dealkylation sites (N-methyl/N-ethyl adjacent to an activating group) is 1. The van der Waals surface area contributed by atoms with Gasteiger partial charge in [0.15, 0.2) is 5.76 Å². The highest BCUT2D eigenvalue weighted by Crippen LogP contribution is 2.30. The Morgan fingerprint density at radius 2 is 1.84 bits per heavy atom.